The largest absolute Gasteiger partial charge is 0.494 e. The highest BCUT2D eigenvalue weighted by Gasteiger charge is 2.07. The summed E-state index contributed by atoms with van der Waals surface area (Å²) in [6.45, 7) is 4.66. The van der Waals surface area contributed by atoms with Crippen molar-refractivity contribution in [2.45, 2.75) is 26.6 Å². The van der Waals surface area contributed by atoms with Crippen molar-refractivity contribution in [3.63, 3.8) is 0 Å². The van der Waals surface area contributed by atoms with Crippen LogP contribution >= 0.6 is 0 Å². The van der Waals surface area contributed by atoms with Crippen molar-refractivity contribution >= 4 is 5.96 Å². The quantitative estimate of drug-likeness (QED) is 0.467. The lowest BCUT2D eigenvalue weighted by Gasteiger charge is -2.15. The normalized spacial score (nSPS) is 11.3. The van der Waals surface area contributed by atoms with Crippen molar-refractivity contribution in [1.82, 2.24) is 20.2 Å². The molecule has 0 aliphatic carbocycles. The number of benzene rings is 2. The molecular formula is C22H27N5O. The van der Waals surface area contributed by atoms with Crippen LogP contribution in [0.4, 0.5) is 0 Å². The van der Waals surface area contributed by atoms with Crippen LogP contribution in [0.1, 0.15) is 23.9 Å². The molecule has 6 nitrogen and oxygen atoms in total. The Bertz CT molecular complexity index is 889. The van der Waals surface area contributed by atoms with Crippen LogP contribution in [0.2, 0.25) is 0 Å². The van der Waals surface area contributed by atoms with Crippen molar-refractivity contribution in [1.29, 1.82) is 0 Å². The molecule has 146 valence electrons. The van der Waals surface area contributed by atoms with Gasteiger partial charge in [0.25, 0.3) is 0 Å². The number of ether oxygens (including phenoxy) is 1. The Morgan fingerprint density at radius 3 is 2.57 bits per heavy atom. The maximum atomic E-state index is 5.68. The molecule has 0 amide bonds. The van der Waals surface area contributed by atoms with E-state index in [1.165, 1.54) is 5.56 Å². The van der Waals surface area contributed by atoms with Gasteiger partial charge in [0, 0.05) is 38.1 Å². The first-order chi connectivity index (χ1) is 13.8. The predicted molar refractivity (Wildman–Crippen MR) is 112 cm³/mol. The lowest BCUT2D eigenvalue weighted by molar-refractivity contribution is 0.336. The second kappa shape index (κ2) is 10.2. The fourth-order valence-electron chi connectivity index (χ4n) is 2.94. The number of hydrogen-bond acceptors (Lipinski definition) is 3. The fourth-order valence-corrected chi connectivity index (χ4v) is 2.94. The summed E-state index contributed by atoms with van der Waals surface area (Å²) in [6.07, 6.45) is 3.83. The minimum absolute atomic E-state index is 0.590. The van der Waals surface area contributed by atoms with Crippen molar-refractivity contribution in [2.24, 2.45) is 4.99 Å². The van der Waals surface area contributed by atoms with E-state index in [1.807, 2.05) is 43.6 Å². The molecule has 28 heavy (non-hydrogen) atoms. The molecule has 2 N–H and O–H groups in total. The van der Waals surface area contributed by atoms with Gasteiger partial charge in [-0.05, 0) is 18.6 Å². The van der Waals surface area contributed by atoms with Crippen LogP contribution in [0.5, 0.6) is 5.75 Å². The highest BCUT2D eigenvalue weighted by Crippen LogP contribution is 2.17. The molecule has 3 aromatic rings. The molecule has 0 unspecified atom stereocenters. The molecule has 0 aliphatic heterocycles. The van der Waals surface area contributed by atoms with Gasteiger partial charge in [-0.1, -0.05) is 48.5 Å². The first kappa shape index (κ1) is 19.5. The van der Waals surface area contributed by atoms with Gasteiger partial charge in [0.05, 0.1) is 13.2 Å². The van der Waals surface area contributed by atoms with E-state index in [2.05, 4.69) is 55.5 Å². The van der Waals surface area contributed by atoms with Gasteiger partial charge in [-0.25, -0.2) is 4.98 Å². The van der Waals surface area contributed by atoms with Gasteiger partial charge in [-0.3, -0.25) is 4.99 Å². The van der Waals surface area contributed by atoms with Gasteiger partial charge in [-0.15, -0.1) is 0 Å². The third kappa shape index (κ3) is 5.36. The summed E-state index contributed by atoms with van der Waals surface area (Å²) < 4.78 is 7.82. The number of aliphatic imine (C=N–C) groups is 1. The molecule has 0 fully saturated rings. The third-order valence-electron chi connectivity index (χ3n) is 4.35. The van der Waals surface area contributed by atoms with Crippen molar-refractivity contribution < 1.29 is 4.74 Å². The van der Waals surface area contributed by atoms with E-state index >= 15 is 0 Å². The number of guanidine groups is 1. The summed E-state index contributed by atoms with van der Waals surface area (Å²) in [5.74, 6) is 2.58. The van der Waals surface area contributed by atoms with Gasteiger partial charge in [0.2, 0.25) is 0 Å². The van der Waals surface area contributed by atoms with Gasteiger partial charge < -0.3 is 19.9 Å². The average molecular weight is 377 g/mol. The van der Waals surface area contributed by atoms with Crippen molar-refractivity contribution in [3.8, 4) is 5.75 Å². The number of rotatable bonds is 8. The zero-order valence-corrected chi connectivity index (χ0v) is 16.4. The Balaban J connectivity index is 1.56. The van der Waals surface area contributed by atoms with E-state index in [-0.39, 0.29) is 0 Å². The monoisotopic (exact) mass is 377 g/mol. The Morgan fingerprint density at radius 2 is 1.79 bits per heavy atom. The van der Waals surface area contributed by atoms with E-state index in [0.717, 1.165) is 29.6 Å². The second-order valence-electron chi connectivity index (χ2n) is 6.28. The first-order valence-corrected chi connectivity index (χ1v) is 9.49. The van der Waals surface area contributed by atoms with Crippen LogP contribution in [0.15, 0.2) is 72.0 Å². The number of aromatic nitrogens is 2. The Hall–Kier alpha value is -3.28. The molecular weight excluding hydrogens is 350 g/mol. The number of para-hydroxylation sites is 1. The van der Waals surface area contributed by atoms with Gasteiger partial charge >= 0.3 is 0 Å². The maximum absolute atomic E-state index is 5.68. The van der Waals surface area contributed by atoms with Crippen LogP contribution in [0, 0.1) is 0 Å². The predicted octanol–water partition coefficient (Wildman–Crippen LogP) is 3.20. The summed E-state index contributed by atoms with van der Waals surface area (Å²) in [4.78, 5) is 8.78. The lowest BCUT2D eigenvalue weighted by Crippen LogP contribution is -2.37. The number of nitrogens with zero attached hydrogens (tertiary/aromatic N) is 3. The van der Waals surface area contributed by atoms with E-state index in [9.17, 15) is 0 Å². The Kier molecular flexibility index (Phi) is 7.07. The summed E-state index contributed by atoms with van der Waals surface area (Å²) in [7, 11) is 1.76. The molecule has 1 aromatic heterocycles. The minimum atomic E-state index is 0.590. The Labute approximate surface area is 166 Å². The van der Waals surface area contributed by atoms with E-state index in [4.69, 9.17) is 4.74 Å². The smallest absolute Gasteiger partial charge is 0.191 e. The molecule has 2 aromatic carbocycles. The molecule has 1 heterocycles. The highest BCUT2D eigenvalue weighted by atomic mass is 16.5. The Morgan fingerprint density at radius 1 is 1.04 bits per heavy atom. The van der Waals surface area contributed by atoms with Crippen LogP contribution in [-0.4, -0.2) is 29.2 Å². The lowest BCUT2D eigenvalue weighted by atomic mass is 10.2. The molecule has 0 spiro atoms. The SMILES string of the molecule is CCOc1ccccc1CNC(=NC)NCc1nccn1Cc1ccccc1. The average Bonchev–Trinajstić information content (AvgIpc) is 3.17. The first-order valence-electron chi connectivity index (χ1n) is 9.49. The molecule has 0 bridgehead atoms. The number of hydrogen-bond donors (Lipinski definition) is 2. The molecule has 0 saturated carbocycles. The number of nitrogens with one attached hydrogen (secondary N) is 2. The second-order valence-corrected chi connectivity index (χ2v) is 6.28. The summed E-state index contributed by atoms with van der Waals surface area (Å²) in [6, 6.07) is 18.4. The van der Waals surface area contributed by atoms with Crippen LogP contribution in [0.3, 0.4) is 0 Å². The molecule has 3 rings (SSSR count). The summed E-state index contributed by atoms with van der Waals surface area (Å²) in [5.41, 5.74) is 2.34. The van der Waals surface area contributed by atoms with E-state index < -0.39 is 0 Å². The fraction of sp³-hybridized carbons (Fsp3) is 0.273. The van der Waals surface area contributed by atoms with Crippen LogP contribution in [-0.2, 0) is 19.6 Å². The molecule has 6 heteroatoms. The molecule has 0 atom stereocenters. The third-order valence-corrected chi connectivity index (χ3v) is 4.35. The van der Waals surface area contributed by atoms with Gasteiger partial charge in [0.1, 0.15) is 11.6 Å². The summed E-state index contributed by atoms with van der Waals surface area (Å²) in [5, 5.41) is 6.67. The van der Waals surface area contributed by atoms with Crippen LogP contribution < -0.4 is 15.4 Å². The topological polar surface area (TPSA) is 63.5 Å². The van der Waals surface area contributed by atoms with E-state index in [1.54, 1.807) is 7.05 Å². The zero-order chi connectivity index (χ0) is 19.6. The van der Waals surface area contributed by atoms with Crippen molar-refractivity contribution in [2.75, 3.05) is 13.7 Å². The van der Waals surface area contributed by atoms with Gasteiger partial charge in [-0.2, -0.15) is 0 Å². The van der Waals surface area contributed by atoms with Crippen LogP contribution in [0.25, 0.3) is 0 Å². The standard InChI is InChI=1S/C22H27N5O/c1-3-28-20-12-8-7-11-19(20)15-25-22(23-2)26-16-21-24-13-14-27(21)17-18-9-5-4-6-10-18/h4-14H,3,15-17H2,1-2H3,(H2,23,25,26). The zero-order valence-electron chi connectivity index (χ0n) is 16.4. The van der Waals surface area contributed by atoms with E-state index in [0.29, 0.717) is 19.7 Å². The maximum Gasteiger partial charge on any atom is 0.191 e. The number of imidazole rings is 1. The van der Waals surface area contributed by atoms with Gasteiger partial charge in [0.15, 0.2) is 5.96 Å². The molecule has 0 radical (unpaired) electrons. The molecule has 0 saturated heterocycles. The van der Waals surface area contributed by atoms with Crippen molar-refractivity contribution in [3.05, 3.63) is 83.9 Å². The molecule has 0 aliphatic rings. The summed E-state index contributed by atoms with van der Waals surface area (Å²) >= 11 is 0. The highest BCUT2D eigenvalue weighted by molar-refractivity contribution is 5.79. The minimum Gasteiger partial charge on any atom is -0.494 e.